The second kappa shape index (κ2) is 5.63. The Morgan fingerprint density at radius 1 is 1.25 bits per heavy atom. The second-order valence-electron chi connectivity index (χ2n) is 6.21. The molecule has 1 heterocycles. The summed E-state index contributed by atoms with van der Waals surface area (Å²) in [5.74, 6) is 0. The first-order valence-corrected chi connectivity index (χ1v) is 8.72. The molecule has 1 atom stereocenters. The molecular weight excluding hydrogens is 330 g/mol. The molecule has 0 saturated heterocycles. The van der Waals surface area contributed by atoms with Gasteiger partial charge in [0.2, 0.25) is 0 Å². The fourth-order valence-electron chi connectivity index (χ4n) is 3.20. The van der Waals surface area contributed by atoms with Gasteiger partial charge in [-0.3, -0.25) is 0 Å². The normalized spacial score (nSPS) is 20.1. The topological polar surface area (TPSA) is 12.0 Å². The van der Waals surface area contributed by atoms with Crippen LogP contribution in [0.3, 0.4) is 0 Å². The quantitative estimate of drug-likeness (QED) is 0.821. The molecule has 20 heavy (non-hydrogen) atoms. The highest BCUT2D eigenvalue weighted by atomic mass is 79.9. The van der Waals surface area contributed by atoms with Crippen molar-refractivity contribution in [2.75, 3.05) is 6.54 Å². The predicted octanol–water partition coefficient (Wildman–Crippen LogP) is 4.97. The molecule has 1 N–H and O–H groups in total. The molecule has 3 heteroatoms. The summed E-state index contributed by atoms with van der Waals surface area (Å²) in [5, 5.41) is 3.78. The average molecular weight is 350 g/mol. The fourth-order valence-corrected chi connectivity index (χ4v) is 4.69. The van der Waals surface area contributed by atoms with Crippen LogP contribution in [0.4, 0.5) is 0 Å². The third-order valence-corrected chi connectivity index (χ3v) is 5.83. The van der Waals surface area contributed by atoms with E-state index in [4.69, 9.17) is 0 Å². The maximum Gasteiger partial charge on any atom is 0.0701 e. The van der Waals surface area contributed by atoms with Crippen LogP contribution in [-0.4, -0.2) is 6.54 Å². The highest BCUT2D eigenvalue weighted by Crippen LogP contribution is 2.44. The Hall–Kier alpha value is -0.640. The lowest BCUT2D eigenvalue weighted by molar-refractivity contribution is 0.271. The van der Waals surface area contributed by atoms with Crippen LogP contribution in [0, 0.1) is 5.41 Å². The molecule has 3 rings (SSSR count). The Balaban J connectivity index is 1.67. The number of hydrogen-bond donors (Lipinski definition) is 1. The third kappa shape index (κ3) is 2.85. The average Bonchev–Trinajstić information content (AvgIpc) is 2.91. The summed E-state index contributed by atoms with van der Waals surface area (Å²) in [6, 6.07) is 13.7. The second-order valence-corrected chi connectivity index (χ2v) is 8.75. The van der Waals surface area contributed by atoms with E-state index in [1.807, 2.05) is 11.3 Å². The van der Waals surface area contributed by atoms with Gasteiger partial charge < -0.3 is 5.32 Å². The van der Waals surface area contributed by atoms with Crippen LogP contribution in [0.15, 0.2) is 40.2 Å². The summed E-state index contributed by atoms with van der Waals surface area (Å²) >= 11 is 5.36. The Bertz CT molecular complexity index is 603. The van der Waals surface area contributed by atoms with Crippen LogP contribution in [0.25, 0.3) is 0 Å². The molecule has 2 aromatic rings. The number of nitrogens with one attached hydrogen (secondary N) is 1. The molecule has 0 spiro atoms. The number of fused-ring (bicyclic) bond motifs is 1. The van der Waals surface area contributed by atoms with Crippen LogP contribution >= 0.6 is 27.3 Å². The van der Waals surface area contributed by atoms with Gasteiger partial charge in [0.15, 0.2) is 0 Å². The summed E-state index contributed by atoms with van der Waals surface area (Å²) < 4.78 is 1.22. The van der Waals surface area contributed by atoms with E-state index in [9.17, 15) is 0 Å². The summed E-state index contributed by atoms with van der Waals surface area (Å²) in [4.78, 5) is 1.44. The monoisotopic (exact) mass is 349 g/mol. The SMILES string of the molecule is CC1(C)Cc2ccccc2C1NCCc1ccc(Br)s1. The molecule has 0 fully saturated rings. The highest BCUT2D eigenvalue weighted by molar-refractivity contribution is 9.11. The van der Waals surface area contributed by atoms with E-state index in [0.717, 1.165) is 13.0 Å². The Morgan fingerprint density at radius 3 is 2.80 bits per heavy atom. The highest BCUT2D eigenvalue weighted by Gasteiger charge is 2.38. The molecule has 1 aliphatic rings. The van der Waals surface area contributed by atoms with Gasteiger partial charge in [-0.15, -0.1) is 11.3 Å². The van der Waals surface area contributed by atoms with Crippen molar-refractivity contribution in [3.05, 3.63) is 56.2 Å². The minimum Gasteiger partial charge on any atom is -0.309 e. The van der Waals surface area contributed by atoms with Gasteiger partial charge in [0.05, 0.1) is 3.79 Å². The van der Waals surface area contributed by atoms with E-state index in [-0.39, 0.29) is 0 Å². The molecule has 1 nitrogen and oxygen atoms in total. The van der Waals surface area contributed by atoms with E-state index in [2.05, 4.69) is 71.5 Å². The zero-order chi connectivity index (χ0) is 14.2. The first-order valence-electron chi connectivity index (χ1n) is 7.12. The zero-order valence-electron chi connectivity index (χ0n) is 11.9. The van der Waals surface area contributed by atoms with Crippen molar-refractivity contribution in [1.82, 2.24) is 5.32 Å². The van der Waals surface area contributed by atoms with Crippen molar-refractivity contribution in [2.24, 2.45) is 5.41 Å². The van der Waals surface area contributed by atoms with Crippen LogP contribution < -0.4 is 5.32 Å². The predicted molar refractivity (Wildman–Crippen MR) is 90.4 cm³/mol. The van der Waals surface area contributed by atoms with Crippen LogP contribution in [0.5, 0.6) is 0 Å². The van der Waals surface area contributed by atoms with E-state index in [1.165, 1.54) is 26.2 Å². The molecule has 0 aliphatic heterocycles. The van der Waals surface area contributed by atoms with Crippen molar-refractivity contribution in [3.63, 3.8) is 0 Å². The van der Waals surface area contributed by atoms with Crippen molar-refractivity contribution in [3.8, 4) is 0 Å². The summed E-state index contributed by atoms with van der Waals surface area (Å²) in [5.41, 5.74) is 3.30. The van der Waals surface area contributed by atoms with Gasteiger partial charge in [-0.25, -0.2) is 0 Å². The molecule has 0 bridgehead atoms. The first-order chi connectivity index (χ1) is 9.56. The van der Waals surface area contributed by atoms with E-state index >= 15 is 0 Å². The molecule has 0 radical (unpaired) electrons. The molecule has 0 saturated carbocycles. The van der Waals surface area contributed by atoms with Gasteiger partial charge in [0.25, 0.3) is 0 Å². The largest absolute Gasteiger partial charge is 0.309 e. The fraction of sp³-hybridized carbons (Fsp3) is 0.412. The van der Waals surface area contributed by atoms with E-state index in [0.29, 0.717) is 11.5 Å². The van der Waals surface area contributed by atoms with Crippen molar-refractivity contribution < 1.29 is 0 Å². The lowest BCUT2D eigenvalue weighted by atomic mass is 9.85. The molecular formula is C17H20BrNS. The van der Waals surface area contributed by atoms with Gasteiger partial charge in [-0.2, -0.15) is 0 Å². The summed E-state index contributed by atoms with van der Waals surface area (Å²) in [6.45, 7) is 5.77. The minimum atomic E-state index is 0.305. The van der Waals surface area contributed by atoms with Gasteiger partial charge in [0, 0.05) is 17.5 Å². The van der Waals surface area contributed by atoms with Crippen molar-refractivity contribution >= 4 is 27.3 Å². The Kier molecular flexibility index (Phi) is 4.02. The Morgan fingerprint density at radius 2 is 2.05 bits per heavy atom. The lowest BCUT2D eigenvalue weighted by Crippen LogP contribution is -2.32. The van der Waals surface area contributed by atoms with E-state index < -0.39 is 0 Å². The number of hydrogen-bond acceptors (Lipinski definition) is 2. The number of halogens is 1. The number of thiophene rings is 1. The van der Waals surface area contributed by atoms with Gasteiger partial charge in [0.1, 0.15) is 0 Å². The lowest BCUT2D eigenvalue weighted by Gasteiger charge is -2.28. The van der Waals surface area contributed by atoms with Gasteiger partial charge >= 0.3 is 0 Å². The number of benzene rings is 1. The molecule has 1 aromatic heterocycles. The van der Waals surface area contributed by atoms with Crippen molar-refractivity contribution in [2.45, 2.75) is 32.7 Å². The maximum atomic E-state index is 3.78. The molecule has 1 aliphatic carbocycles. The summed E-state index contributed by atoms with van der Waals surface area (Å²) in [7, 11) is 0. The van der Waals surface area contributed by atoms with Gasteiger partial charge in [-0.1, -0.05) is 38.1 Å². The first kappa shape index (κ1) is 14.3. The molecule has 1 aromatic carbocycles. The van der Waals surface area contributed by atoms with E-state index in [1.54, 1.807) is 0 Å². The third-order valence-electron chi connectivity index (χ3n) is 4.14. The summed E-state index contributed by atoms with van der Waals surface area (Å²) in [6.07, 6.45) is 2.27. The standard InChI is InChI=1S/C17H20BrNS/c1-17(2)11-12-5-3-4-6-14(12)16(17)19-10-9-13-7-8-15(18)20-13/h3-8,16,19H,9-11H2,1-2H3. The zero-order valence-corrected chi connectivity index (χ0v) is 14.4. The Labute approximate surface area is 133 Å². The number of rotatable bonds is 4. The van der Waals surface area contributed by atoms with Crippen LogP contribution in [0.1, 0.15) is 35.9 Å². The minimum absolute atomic E-state index is 0.305. The smallest absolute Gasteiger partial charge is 0.0701 e. The van der Waals surface area contributed by atoms with Gasteiger partial charge in [-0.05, 0) is 57.4 Å². The van der Waals surface area contributed by atoms with Crippen molar-refractivity contribution in [1.29, 1.82) is 0 Å². The van der Waals surface area contributed by atoms with Crippen LogP contribution in [0.2, 0.25) is 0 Å². The molecule has 106 valence electrons. The molecule has 0 amide bonds. The maximum absolute atomic E-state index is 3.78. The molecule has 1 unspecified atom stereocenters. The van der Waals surface area contributed by atoms with Crippen LogP contribution in [-0.2, 0) is 12.8 Å².